The highest BCUT2D eigenvalue weighted by Gasteiger charge is 2.03. The summed E-state index contributed by atoms with van der Waals surface area (Å²) in [5, 5.41) is 17.9. The number of nitrogens with one attached hydrogen (secondary N) is 2. The van der Waals surface area contributed by atoms with Gasteiger partial charge in [0.15, 0.2) is 6.61 Å². The first-order chi connectivity index (χ1) is 10.3. The van der Waals surface area contributed by atoms with E-state index in [1.807, 2.05) is 6.07 Å². The Labute approximate surface area is 122 Å². The molecule has 1 heterocycles. The molecular weight excluding hydrogens is 270 g/mol. The van der Waals surface area contributed by atoms with Gasteiger partial charge in [0.05, 0.1) is 11.6 Å². The summed E-state index contributed by atoms with van der Waals surface area (Å²) in [7, 11) is 0. The summed E-state index contributed by atoms with van der Waals surface area (Å²) in [4.78, 5) is 15.6. The Bertz CT molecular complexity index is 601. The van der Waals surface area contributed by atoms with E-state index < -0.39 is 0 Å². The van der Waals surface area contributed by atoms with E-state index in [9.17, 15) is 4.79 Å². The number of aromatic amines is 1. The number of amides is 1. The van der Waals surface area contributed by atoms with Gasteiger partial charge >= 0.3 is 0 Å². The molecular formula is C14H15N5O2. The van der Waals surface area contributed by atoms with Crippen LogP contribution in [0.2, 0.25) is 0 Å². The number of carbonyl (C=O) groups excluding carboxylic acids is 1. The van der Waals surface area contributed by atoms with Crippen LogP contribution in [0.5, 0.6) is 5.75 Å². The molecule has 0 atom stereocenters. The SMILES string of the molecule is N#Cc1ccc(OCC(=O)NCCCc2ncn[nH]2)cc1. The van der Waals surface area contributed by atoms with E-state index in [2.05, 4.69) is 20.5 Å². The van der Waals surface area contributed by atoms with E-state index in [0.29, 0.717) is 17.9 Å². The van der Waals surface area contributed by atoms with Crippen molar-refractivity contribution in [2.45, 2.75) is 12.8 Å². The number of ether oxygens (including phenoxy) is 1. The van der Waals surface area contributed by atoms with Crippen LogP contribution in [0.15, 0.2) is 30.6 Å². The van der Waals surface area contributed by atoms with E-state index in [0.717, 1.165) is 18.7 Å². The Morgan fingerprint density at radius 1 is 1.38 bits per heavy atom. The van der Waals surface area contributed by atoms with Crippen LogP contribution in [-0.2, 0) is 11.2 Å². The molecule has 0 fully saturated rings. The quantitative estimate of drug-likeness (QED) is 0.732. The van der Waals surface area contributed by atoms with E-state index >= 15 is 0 Å². The van der Waals surface area contributed by atoms with Gasteiger partial charge in [0.25, 0.3) is 5.91 Å². The molecule has 0 saturated carbocycles. The summed E-state index contributed by atoms with van der Waals surface area (Å²) >= 11 is 0. The maximum absolute atomic E-state index is 11.6. The molecule has 2 N–H and O–H groups in total. The molecule has 0 aliphatic rings. The number of carbonyl (C=O) groups is 1. The summed E-state index contributed by atoms with van der Waals surface area (Å²) in [6, 6.07) is 8.63. The van der Waals surface area contributed by atoms with Gasteiger partial charge in [-0.05, 0) is 30.7 Å². The molecule has 21 heavy (non-hydrogen) atoms. The smallest absolute Gasteiger partial charge is 0.257 e. The fraction of sp³-hybridized carbons (Fsp3) is 0.286. The number of nitriles is 1. The van der Waals surface area contributed by atoms with Crippen molar-refractivity contribution in [3.8, 4) is 11.8 Å². The lowest BCUT2D eigenvalue weighted by Gasteiger charge is -2.07. The Kier molecular flexibility index (Phi) is 5.29. The minimum absolute atomic E-state index is 0.0474. The van der Waals surface area contributed by atoms with E-state index in [1.165, 1.54) is 6.33 Å². The highest BCUT2D eigenvalue weighted by molar-refractivity contribution is 5.77. The lowest BCUT2D eigenvalue weighted by Crippen LogP contribution is -2.29. The van der Waals surface area contributed by atoms with Crippen LogP contribution in [0.3, 0.4) is 0 Å². The summed E-state index contributed by atoms with van der Waals surface area (Å²) < 4.78 is 5.32. The van der Waals surface area contributed by atoms with Crippen molar-refractivity contribution in [2.24, 2.45) is 0 Å². The predicted octanol–water partition coefficient (Wildman–Crippen LogP) is 0.804. The third kappa shape index (κ3) is 4.95. The van der Waals surface area contributed by atoms with Crippen molar-refractivity contribution in [3.05, 3.63) is 42.0 Å². The van der Waals surface area contributed by atoms with Crippen molar-refractivity contribution >= 4 is 5.91 Å². The van der Waals surface area contributed by atoms with Crippen LogP contribution in [0, 0.1) is 11.3 Å². The molecule has 2 rings (SSSR count). The summed E-state index contributed by atoms with van der Waals surface area (Å²) in [6.45, 7) is 0.504. The molecule has 0 radical (unpaired) electrons. The minimum Gasteiger partial charge on any atom is -0.484 e. The number of nitrogens with zero attached hydrogens (tertiary/aromatic N) is 3. The van der Waals surface area contributed by atoms with Gasteiger partial charge in [-0.15, -0.1) is 0 Å². The molecule has 0 unspecified atom stereocenters. The Hall–Kier alpha value is -2.88. The summed E-state index contributed by atoms with van der Waals surface area (Å²) in [6.07, 6.45) is 2.97. The van der Waals surface area contributed by atoms with Crippen LogP contribution in [0.4, 0.5) is 0 Å². The van der Waals surface area contributed by atoms with Gasteiger partial charge in [-0.1, -0.05) is 0 Å². The average molecular weight is 285 g/mol. The largest absolute Gasteiger partial charge is 0.484 e. The molecule has 0 spiro atoms. The van der Waals surface area contributed by atoms with E-state index in [4.69, 9.17) is 10.00 Å². The normalized spacial score (nSPS) is 9.86. The van der Waals surface area contributed by atoms with Crippen LogP contribution in [0.1, 0.15) is 17.8 Å². The highest BCUT2D eigenvalue weighted by atomic mass is 16.5. The topological polar surface area (TPSA) is 104 Å². The van der Waals surface area contributed by atoms with Gasteiger partial charge in [-0.25, -0.2) is 4.98 Å². The number of H-pyrrole nitrogens is 1. The second kappa shape index (κ2) is 7.65. The zero-order chi connectivity index (χ0) is 14.9. The lowest BCUT2D eigenvalue weighted by molar-refractivity contribution is -0.123. The Balaban J connectivity index is 1.61. The number of hydrogen-bond donors (Lipinski definition) is 2. The monoisotopic (exact) mass is 285 g/mol. The lowest BCUT2D eigenvalue weighted by atomic mass is 10.2. The minimum atomic E-state index is -0.183. The van der Waals surface area contributed by atoms with E-state index in [1.54, 1.807) is 24.3 Å². The average Bonchev–Trinajstić information content (AvgIpc) is 3.03. The van der Waals surface area contributed by atoms with Crippen molar-refractivity contribution in [2.75, 3.05) is 13.2 Å². The first-order valence-electron chi connectivity index (χ1n) is 6.52. The highest BCUT2D eigenvalue weighted by Crippen LogP contribution is 2.11. The molecule has 108 valence electrons. The first-order valence-corrected chi connectivity index (χ1v) is 6.52. The van der Waals surface area contributed by atoms with Gasteiger partial charge in [0, 0.05) is 13.0 Å². The van der Waals surface area contributed by atoms with Gasteiger partial charge in [-0.3, -0.25) is 9.89 Å². The van der Waals surface area contributed by atoms with Crippen LogP contribution < -0.4 is 10.1 Å². The number of hydrogen-bond acceptors (Lipinski definition) is 5. The third-order valence-electron chi connectivity index (χ3n) is 2.73. The first kappa shape index (κ1) is 14.5. The second-order valence-corrected chi connectivity index (χ2v) is 4.31. The molecule has 7 nitrogen and oxygen atoms in total. The molecule has 2 aromatic rings. The maximum Gasteiger partial charge on any atom is 0.257 e. The molecule has 0 aliphatic heterocycles. The van der Waals surface area contributed by atoms with Crippen LogP contribution in [-0.4, -0.2) is 34.2 Å². The Morgan fingerprint density at radius 2 is 2.19 bits per heavy atom. The Morgan fingerprint density at radius 3 is 2.86 bits per heavy atom. The molecule has 0 saturated heterocycles. The van der Waals surface area contributed by atoms with Crippen molar-refractivity contribution < 1.29 is 9.53 Å². The van der Waals surface area contributed by atoms with E-state index in [-0.39, 0.29) is 12.5 Å². The summed E-state index contributed by atoms with van der Waals surface area (Å²) in [5.74, 6) is 1.18. The van der Waals surface area contributed by atoms with Gasteiger partial charge in [-0.2, -0.15) is 10.4 Å². The third-order valence-corrected chi connectivity index (χ3v) is 2.73. The maximum atomic E-state index is 11.6. The van der Waals surface area contributed by atoms with Gasteiger partial charge in [0.2, 0.25) is 0 Å². The fourth-order valence-corrected chi connectivity index (χ4v) is 1.66. The fourth-order valence-electron chi connectivity index (χ4n) is 1.66. The number of rotatable bonds is 7. The predicted molar refractivity (Wildman–Crippen MR) is 74.4 cm³/mol. The molecule has 1 amide bonds. The number of aryl methyl sites for hydroxylation is 1. The van der Waals surface area contributed by atoms with Crippen molar-refractivity contribution in [1.29, 1.82) is 5.26 Å². The zero-order valence-electron chi connectivity index (χ0n) is 11.4. The van der Waals surface area contributed by atoms with Gasteiger partial charge in [0.1, 0.15) is 17.9 Å². The van der Waals surface area contributed by atoms with Crippen LogP contribution >= 0.6 is 0 Å². The molecule has 7 heteroatoms. The molecule has 1 aromatic carbocycles. The second-order valence-electron chi connectivity index (χ2n) is 4.31. The molecule has 0 bridgehead atoms. The number of benzene rings is 1. The van der Waals surface area contributed by atoms with Crippen molar-refractivity contribution in [1.82, 2.24) is 20.5 Å². The van der Waals surface area contributed by atoms with Crippen molar-refractivity contribution in [3.63, 3.8) is 0 Å². The summed E-state index contributed by atoms with van der Waals surface area (Å²) in [5.41, 5.74) is 0.555. The standard InChI is InChI=1S/C14H15N5O2/c15-8-11-3-5-12(6-4-11)21-9-14(20)16-7-1-2-13-17-10-18-19-13/h3-6,10H,1-2,7,9H2,(H,16,20)(H,17,18,19). The van der Waals surface area contributed by atoms with Gasteiger partial charge < -0.3 is 10.1 Å². The molecule has 1 aromatic heterocycles. The zero-order valence-corrected chi connectivity index (χ0v) is 11.4. The van der Waals surface area contributed by atoms with Crippen LogP contribution in [0.25, 0.3) is 0 Å². The number of aromatic nitrogens is 3. The molecule has 0 aliphatic carbocycles.